The van der Waals surface area contributed by atoms with Gasteiger partial charge < -0.3 is 0 Å². The maximum atomic E-state index is 11.4. The summed E-state index contributed by atoms with van der Waals surface area (Å²) in [5, 5.41) is 0. The summed E-state index contributed by atoms with van der Waals surface area (Å²) in [5.74, 6) is 0. The first-order valence-electron chi connectivity index (χ1n) is 3.69. The summed E-state index contributed by atoms with van der Waals surface area (Å²) in [6.07, 6.45) is 0. The highest BCUT2D eigenvalue weighted by Gasteiger charge is 2.34. The Labute approximate surface area is 68.0 Å². The topological polar surface area (TPSA) is 40.6 Å². The lowest BCUT2D eigenvalue weighted by Crippen LogP contribution is -2.35. The molecule has 0 aromatic carbocycles. The van der Waals surface area contributed by atoms with Gasteiger partial charge in [-0.05, 0) is 13.8 Å². The van der Waals surface area contributed by atoms with Gasteiger partial charge in [-0.15, -0.1) is 0 Å². The van der Waals surface area contributed by atoms with E-state index in [0.717, 1.165) is 0 Å². The van der Waals surface area contributed by atoms with Crippen LogP contribution in [0.5, 0.6) is 0 Å². The van der Waals surface area contributed by atoms with E-state index in [-0.39, 0.29) is 6.04 Å². The van der Waals surface area contributed by atoms with Crippen LogP contribution in [0.25, 0.3) is 0 Å². The average Bonchev–Trinajstić information content (AvgIpc) is 2.08. The van der Waals surface area contributed by atoms with E-state index in [0.29, 0.717) is 13.1 Å². The largest absolute Gasteiger partial charge is 0.282 e. The smallest absolute Gasteiger partial charge is 0.195 e. The molecule has 4 nitrogen and oxygen atoms in total. The SMILES string of the molecule is CC(C)N1CCN(C)S1(=O)=O. The Morgan fingerprint density at radius 1 is 1.27 bits per heavy atom. The molecule has 11 heavy (non-hydrogen) atoms. The van der Waals surface area contributed by atoms with Crippen LogP contribution in [-0.4, -0.2) is 43.2 Å². The molecule has 0 spiro atoms. The minimum atomic E-state index is -3.10. The molecule has 0 bridgehead atoms. The molecular formula is C6H14N2O2S. The first-order chi connectivity index (χ1) is 4.96. The molecule has 0 saturated carbocycles. The van der Waals surface area contributed by atoms with Crippen molar-refractivity contribution in [3.63, 3.8) is 0 Å². The van der Waals surface area contributed by atoms with E-state index in [9.17, 15) is 8.42 Å². The molecule has 0 N–H and O–H groups in total. The number of rotatable bonds is 1. The molecule has 1 aliphatic heterocycles. The summed E-state index contributed by atoms with van der Waals surface area (Å²) in [5.41, 5.74) is 0. The predicted molar refractivity (Wildman–Crippen MR) is 43.4 cm³/mol. The first-order valence-corrected chi connectivity index (χ1v) is 5.09. The van der Waals surface area contributed by atoms with E-state index in [2.05, 4.69) is 0 Å². The van der Waals surface area contributed by atoms with E-state index in [4.69, 9.17) is 0 Å². The highest BCUT2D eigenvalue weighted by Crippen LogP contribution is 2.16. The number of likely N-dealkylation sites (N-methyl/N-ethyl adjacent to an activating group) is 1. The van der Waals surface area contributed by atoms with Crippen molar-refractivity contribution in [3.05, 3.63) is 0 Å². The number of nitrogens with zero attached hydrogens (tertiary/aromatic N) is 2. The molecule has 1 saturated heterocycles. The number of hydrogen-bond acceptors (Lipinski definition) is 2. The quantitative estimate of drug-likeness (QED) is 0.562. The van der Waals surface area contributed by atoms with Gasteiger partial charge in [-0.3, -0.25) is 0 Å². The Morgan fingerprint density at radius 2 is 1.82 bits per heavy atom. The van der Waals surface area contributed by atoms with Crippen LogP contribution in [-0.2, 0) is 10.2 Å². The van der Waals surface area contributed by atoms with Crippen LogP contribution in [0.3, 0.4) is 0 Å². The molecule has 1 heterocycles. The van der Waals surface area contributed by atoms with Gasteiger partial charge >= 0.3 is 0 Å². The van der Waals surface area contributed by atoms with Crippen LogP contribution < -0.4 is 0 Å². The molecular weight excluding hydrogens is 164 g/mol. The molecule has 0 amide bonds. The summed E-state index contributed by atoms with van der Waals surface area (Å²) in [6.45, 7) is 5.00. The Kier molecular flexibility index (Phi) is 2.22. The van der Waals surface area contributed by atoms with E-state index in [1.165, 1.54) is 8.61 Å². The Hall–Kier alpha value is -0.130. The van der Waals surface area contributed by atoms with Crippen LogP contribution >= 0.6 is 0 Å². The second-order valence-electron chi connectivity index (χ2n) is 3.03. The molecule has 1 aliphatic rings. The van der Waals surface area contributed by atoms with Crippen LogP contribution in [0.4, 0.5) is 0 Å². The second kappa shape index (κ2) is 2.73. The molecule has 0 aliphatic carbocycles. The van der Waals surface area contributed by atoms with Crippen LogP contribution in [0.2, 0.25) is 0 Å². The molecule has 5 heteroatoms. The van der Waals surface area contributed by atoms with E-state index < -0.39 is 10.2 Å². The van der Waals surface area contributed by atoms with Crippen LogP contribution in [0, 0.1) is 0 Å². The summed E-state index contributed by atoms with van der Waals surface area (Å²) in [4.78, 5) is 0. The lowest BCUT2D eigenvalue weighted by atomic mass is 10.4. The zero-order chi connectivity index (χ0) is 8.65. The van der Waals surface area contributed by atoms with E-state index >= 15 is 0 Å². The Bertz CT molecular complexity index is 235. The Balaban J connectivity index is 2.88. The van der Waals surface area contributed by atoms with Crippen molar-refractivity contribution in [1.29, 1.82) is 0 Å². The van der Waals surface area contributed by atoms with Crippen molar-refractivity contribution in [2.75, 3.05) is 20.1 Å². The third-order valence-electron chi connectivity index (χ3n) is 1.90. The van der Waals surface area contributed by atoms with Crippen molar-refractivity contribution in [3.8, 4) is 0 Å². The highest BCUT2D eigenvalue weighted by molar-refractivity contribution is 7.87. The minimum absolute atomic E-state index is 0.0740. The van der Waals surface area contributed by atoms with Gasteiger partial charge in [-0.25, -0.2) is 0 Å². The molecule has 0 aromatic heterocycles. The third-order valence-corrected chi connectivity index (χ3v) is 4.07. The van der Waals surface area contributed by atoms with Gasteiger partial charge in [0.05, 0.1) is 0 Å². The lowest BCUT2D eigenvalue weighted by Gasteiger charge is -2.18. The summed E-state index contributed by atoms with van der Waals surface area (Å²) in [7, 11) is -1.49. The van der Waals surface area contributed by atoms with Crippen molar-refractivity contribution < 1.29 is 8.42 Å². The van der Waals surface area contributed by atoms with Crippen LogP contribution in [0.1, 0.15) is 13.8 Å². The maximum Gasteiger partial charge on any atom is 0.282 e. The van der Waals surface area contributed by atoms with E-state index in [1.807, 2.05) is 13.8 Å². The van der Waals surface area contributed by atoms with Gasteiger partial charge in [0.15, 0.2) is 0 Å². The van der Waals surface area contributed by atoms with Gasteiger partial charge in [-0.1, -0.05) is 0 Å². The summed E-state index contributed by atoms with van der Waals surface area (Å²) in [6, 6.07) is 0.0740. The zero-order valence-electron chi connectivity index (χ0n) is 7.11. The fraction of sp³-hybridized carbons (Fsp3) is 1.00. The third kappa shape index (κ3) is 1.40. The fourth-order valence-corrected chi connectivity index (χ4v) is 2.69. The maximum absolute atomic E-state index is 11.4. The van der Waals surface area contributed by atoms with Crippen LogP contribution in [0.15, 0.2) is 0 Å². The van der Waals surface area contributed by atoms with Crippen molar-refractivity contribution in [2.45, 2.75) is 19.9 Å². The molecule has 1 rings (SSSR count). The highest BCUT2D eigenvalue weighted by atomic mass is 32.2. The van der Waals surface area contributed by atoms with Gasteiger partial charge in [0.2, 0.25) is 0 Å². The predicted octanol–water partition coefficient (Wildman–Crippen LogP) is -0.113. The van der Waals surface area contributed by atoms with Gasteiger partial charge in [0, 0.05) is 26.2 Å². The molecule has 1 fully saturated rings. The molecule has 0 atom stereocenters. The lowest BCUT2D eigenvalue weighted by molar-refractivity contribution is 0.387. The van der Waals surface area contributed by atoms with E-state index in [1.54, 1.807) is 7.05 Å². The monoisotopic (exact) mass is 178 g/mol. The molecule has 0 unspecified atom stereocenters. The van der Waals surface area contributed by atoms with Crippen molar-refractivity contribution >= 4 is 10.2 Å². The minimum Gasteiger partial charge on any atom is -0.195 e. The van der Waals surface area contributed by atoms with Crippen molar-refractivity contribution in [2.24, 2.45) is 0 Å². The normalized spacial score (nSPS) is 26.5. The van der Waals surface area contributed by atoms with Gasteiger partial charge in [0.25, 0.3) is 10.2 Å². The first kappa shape index (κ1) is 8.96. The zero-order valence-corrected chi connectivity index (χ0v) is 7.93. The molecule has 0 aromatic rings. The summed E-state index contributed by atoms with van der Waals surface area (Å²) < 4.78 is 25.7. The van der Waals surface area contributed by atoms with Gasteiger partial charge in [-0.2, -0.15) is 17.0 Å². The second-order valence-corrected chi connectivity index (χ2v) is 5.02. The molecule has 66 valence electrons. The fourth-order valence-electron chi connectivity index (χ4n) is 1.17. The number of hydrogen-bond donors (Lipinski definition) is 0. The molecule has 0 radical (unpaired) electrons. The van der Waals surface area contributed by atoms with Crippen molar-refractivity contribution in [1.82, 2.24) is 8.61 Å². The van der Waals surface area contributed by atoms with Gasteiger partial charge in [0.1, 0.15) is 0 Å². The standard InChI is InChI=1S/C6H14N2O2S/c1-6(2)8-5-4-7(3)11(8,9)10/h6H,4-5H2,1-3H3. The average molecular weight is 178 g/mol. The summed E-state index contributed by atoms with van der Waals surface area (Å²) >= 11 is 0. The Morgan fingerprint density at radius 3 is 2.00 bits per heavy atom.